The second-order valence-electron chi connectivity index (χ2n) is 2.84. The van der Waals surface area contributed by atoms with Crippen molar-refractivity contribution in [3.8, 4) is 0 Å². The zero-order chi connectivity index (χ0) is 12.3. The van der Waals surface area contributed by atoms with Gasteiger partial charge in [-0.2, -0.15) is 0 Å². The minimum Gasteiger partial charge on any atom is -0.478 e. The van der Waals surface area contributed by atoms with Gasteiger partial charge in [-0.1, -0.05) is 13.8 Å². The van der Waals surface area contributed by atoms with Crippen LogP contribution >= 0.6 is 0 Å². The van der Waals surface area contributed by atoms with Crippen LogP contribution in [0.15, 0.2) is 16.5 Å². The average Bonchev–Trinajstić information content (AvgIpc) is 2.62. The van der Waals surface area contributed by atoms with Gasteiger partial charge >= 0.3 is 5.97 Å². The monoisotopic (exact) mass is 225 g/mol. The SMILES string of the molecule is CC.Cc1nc2cc(C(=O)O)cc(F)c2o1. The predicted molar refractivity (Wildman–Crippen MR) is 57.0 cm³/mol. The lowest BCUT2D eigenvalue weighted by Gasteiger charge is -1.94. The molecule has 0 spiro atoms. The van der Waals surface area contributed by atoms with Crippen LogP contribution in [-0.2, 0) is 0 Å². The van der Waals surface area contributed by atoms with Crippen LogP contribution < -0.4 is 0 Å². The molecule has 0 aliphatic heterocycles. The minimum atomic E-state index is -1.19. The van der Waals surface area contributed by atoms with Gasteiger partial charge in [0.15, 0.2) is 17.3 Å². The molecule has 2 rings (SSSR count). The van der Waals surface area contributed by atoms with E-state index in [1.807, 2.05) is 13.8 Å². The van der Waals surface area contributed by atoms with Gasteiger partial charge in [0.1, 0.15) is 5.52 Å². The van der Waals surface area contributed by atoms with Crippen LogP contribution in [-0.4, -0.2) is 16.1 Å². The first-order chi connectivity index (χ1) is 7.58. The average molecular weight is 225 g/mol. The molecule has 0 fully saturated rings. The zero-order valence-electron chi connectivity index (χ0n) is 9.24. The lowest BCUT2D eigenvalue weighted by Crippen LogP contribution is -1.96. The molecule has 0 aliphatic carbocycles. The standard InChI is InChI=1S/C9H6FNO3.C2H6/c1-4-11-7-3-5(9(12)13)2-6(10)8(7)14-4;1-2/h2-3H,1H3,(H,12,13);1-2H3. The third-order valence-corrected chi connectivity index (χ3v) is 1.80. The second kappa shape index (κ2) is 4.74. The molecule has 1 heterocycles. The van der Waals surface area contributed by atoms with Crippen LogP contribution in [0.1, 0.15) is 30.1 Å². The van der Waals surface area contributed by atoms with Crippen LogP contribution in [0.4, 0.5) is 4.39 Å². The lowest BCUT2D eigenvalue weighted by molar-refractivity contribution is 0.0696. The summed E-state index contributed by atoms with van der Waals surface area (Å²) in [7, 11) is 0. The van der Waals surface area contributed by atoms with Gasteiger partial charge in [0.2, 0.25) is 0 Å². The molecule has 0 aliphatic rings. The van der Waals surface area contributed by atoms with Crippen molar-refractivity contribution in [2.45, 2.75) is 20.8 Å². The lowest BCUT2D eigenvalue weighted by atomic mass is 10.2. The predicted octanol–water partition coefficient (Wildman–Crippen LogP) is 3.00. The van der Waals surface area contributed by atoms with Gasteiger partial charge in [-0.25, -0.2) is 14.2 Å². The molecule has 0 saturated carbocycles. The highest BCUT2D eigenvalue weighted by Gasteiger charge is 2.13. The number of aromatic nitrogens is 1. The highest BCUT2D eigenvalue weighted by atomic mass is 19.1. The van der Waals surface area contributed by atoms with Crippen LogP contribution in [0.25, 0.3) is 11.1 Å². The molecule has 2 aromatic rings. The molecule has 0 atom stereocenters. The third-order valence-electron chi connectivity index (χ3n) is 1.80. The van der Waals surface area contributed by atoms with E-state index in [-0.39, 0.29) is 16.7 Å². The van der Waals surface area contributed by atoms with Gasteiger partial charge in [-0.15, -0.1) is 0 Å². The number of halogens is 1. The number of rotatable bonds is 1. The summed E-state index contributed by atoms with van der Waals surface area (Å²) >= 11 is 0. The molecule has 1 aromatic heterocycles. The number of benzene rings is 1. The molecule has 0 amide bonds. The Bertz CT molecular complexity index is 519. The van der Waals surface area contributed by atoms with Gasteiger partial charge in [0, 0.05) is 6.92 Å². The fourth-order valence-electron chi connectivity index (χ4n) is 1.23. The van der Waals surface area contributed by atoms with Crippen molar-refractivity contribution >= 4 is 17.1 Å². The van der Waals surface area contributed by atoms with E-state index in [9.17, 15) is 9.18 Å². The van der Waals surface area contributed by atoms with Gasteiger partial charge in [0.25, 0.3) is 0 Å². The van der Waals surface area contributed by atoms with E-state index < -0.39 is 11.8 Å². The van der Waals surface area contributed by atoms with Crippen LogP contribution in [0.5, 0.6) is 0 Å². The fraction of sp³-hybridized carbons (Fsp3) is 0.273. The molecule has 1 aromatic carbocycles. The van der Waals surface area contributed by atoms with Crippen molar-refractivity contribution in [2.75, 3.05) is 0 Å². The maximum absolute atomic E-state index is 13.2. The largest absolute Gasteiger partial charge is 0.478 e. The third kappa shape index (κ3) is 2.18. The molecule has 16 heavy (non-hydrogen) atoms. The van der Waals surface area contributed by atoms with E-state index in [0.29, 0.717) is 5.89 Å². The molecular weight excluding hydrogens is 213 g/mol. The first-order valence-electron chi connectivity index (χ1n) is 4.88. The number of nitrogens with zero attached hydrogens (tertiary/aromatic N) is 1. The van der Waals surface area contributed by atoms with Crippen LogP contribution in [0.3, 0.4) is 0 Å². The van der Waals surface area contributed by atoms with Gasteiger partial charge in [0.05, 0.1) is 5.56 Å². The summed E-state index contributed by atoms with van der Waals surface area (Å²) in [5, 5.41) is 8.65. The Kier molecular flexibility index (Phi) is 3.60. The van der Waals surface area contributed by atoms with Gasteiger partial charge in [-0.05, 0) is 12.1 Å². The van der Waals surface area contributed by atoms with E-state index in [1.165, 1.54) is 6.07 Å². The number of carboxylic acids is 1. The quantitative estimate of drug-likeness (QED) is 0.810. The van der Waals surface area contributed by atoms with Crippen molar-refractivity contribution in [1.29, 1.82) is 0 Å². The number of hydrogen-bond acceptors (Lipinski definition) is 3. The Labute approximate surface area is 91.7 Å². The summed E-state index contributed by atoms with van der Waals surface area (Å²) in [5.74, 6) is -1.59. The molecule has 86 valence electrons. The molecule has 1 N–H and O–H groups in total. The Morgan fingerprint density at radius 3 is 2.62 bits per heavy atom. The maximum atomic E-state index is 13.2. The fourth-order valence-corrected chi connectivity index (χ4v) is 1.23. The highest BCUT2D eigenvalue weighted by molar-refractivity contribution is 5.92. The number of aryl methyl sites for hydroxylation is 1. The minimum absolute atomic E-state index is 0.00694. The van der Waals surface area contributed by atoms with Crippen molar-refractivity contribution < 1.29 is 18.7 Å². The Balaban J connectivity index is 0.000000606. The number of fused-ring (bicyclic) bond motifs is 1. The molecule has 0 saturated heterocycles. The van der Waals surface area contributed by atoms with Crippen molar-refractivity contribution in [2.24, 2.45) is 0 Å². The molecule has 0 unspecified atom stereocenters. The maximum Gasteiger partial charge on any atom is 0.335 e. The van der Waals surface area contributed by atoms with E-state index >= 15 is 0 Å². The Hall–Kier alpha value is -1.91. The first kappa shape index (κ1) is 12.2. The molecule has 0 radical (unpaired) electrons. The summed E-state index contributed by atoms with van der Waals surface area (Å²) in [6, 6.07) is 2.19. The highest BCUT2D eigenvalue weighted by Crippen LogP contribution is 2.20. The Morgan fingerprint density at radius 2 is 2.06 bits per heavy atom. The second-order valence-corrected chi connectivity index (χ2v) is 2.84. The van der Waals surface area contributed by atoms with Gasteiger partial charge in [-0.3, -0.25) is 0 Å². The van der Waals surface area contributed by atoms with E-state index in [1.54, 1.807) is 6.92 Å². The number of carboxylic acid groups (broad SMARTS) is 1. The van der Waals surface area contributed by atoms with E-state index in [2.05, 4.69) is 4.98 Å². The van der Waals surface area contributed by atoms with Crippen molar-refractivity contribution in [3.05, 3.63) is 29.4 Å². The number of aromatic carboxylic acids is 1. The summed E-state index contributed by atoms with van der Waals surface area (Å²) < 4.78 is 18.2. The van der Waals surface area contributed by atoms with E-state index in [4.69, 9.17) is 9.52 Å². The van der Waals surface area contributed by atoms with Crippen molar-refractivity contribution in [1.82, 2.24) is 4.98 Å². The number of oxazole rings is 1. The molecular formula is C11H12FNO3. The van der Waals surface area contributed by atoms with Crippen molar-refractivity contribution in [3.63, 3.8) is 0 Å². The summed E-state index contributed by atoms with van der Waals surface area (Å²) in [4.78, 5) is 14.4. The first-order valence-corrected chi connectivity index (χ1v) is 4.88. The summed E-state index contributed by atoms with van der Waals surface area (Å²) in [6.45, 7) is 5.57. The Morgan fingerprint density at radius 1 is 1.44 bits per heavy atom. The van der Waals surface area contributed by atoms with E-state index in [0.717, 1.165) is 6.07 Å². The van der Waals surface area contributed by atoms with Gasteiger partial charge < -0.3 is 9.52 Å². The van der Waals surface area contributed by atoms with Crippen LogP contribution in [0.2, 0.25) is 0 Å². The summed E-state index contributed by atoms with van der Waals surface area (Å²) in [6.07, 6.45) is 0. The smallest absolute Gasteiger partial charge is 0.335 e. The van der Waals surface area contributed by atoms with Crippen LogP contribution in [0, 0.1) is 12.7 Å². The number of hydrogen-bond donors (Lipinski definition) is 1. The number of carbonyl (C=O) groups is 1. The zero-order valence-corrected chi connectivity index (χ0v) is 9.24. The normalized spacial score (nSPS) is 9.75. The topological polar surface area (TPSA) is 63.3 Å². The summed E-state index contributed by atoms with van der Waals surface area (Å²) in [5.41, 5.74) is 0.0794. The molecule has 0 bridgehead atoms. The molecule has 4 nitrogen and oxygen atoms in total. The molecule has 5 heteroatoms.